The van der Waals surface area contributed by atoms with E-state index in [2.05, 4.69) is 20.6 Å². The summed E-state index contributed by atoms with van der Waals surface area (Å²) >= 11 is 0. The van der Waals surface area contributed by atoms with Crippen molar-refractivity contribution in [2.75, 3.05) is 11.9 Å². The summed E-state index contributed by atoms with van der Waals surface area (Å²) in [6.45, 7) is 4.70. The Morgan fingerprint density at radius 2 is 2.05 bits per heavy atom. The van der Waals surface area contributed by atoms with E-state index in [-0.39, 0.29) is 6.10 Å². The van der Waals surface area contributed by atoms with Crippen molar-refractivity contribution >= 4 is 5.82 Å². The van der Waals surface area contributed by atoms with E-state index in [1.54, 1.807) is 4.68 Å². The van der Waals surface area contributed by atoms with Crippen LogP contribution >= 0.6 is 0 Å². The number of nitrogens with one attached hydrogen (secondary N) is 1. The zero-order chi connectivity index (χ0) is 15.5. The SMILES string of the molecule is Cc1cc(C)n(-c2ccc(NC[C@H]3CCCC[C@H]3O)nn2)n1. The molecule has 118 valence electrons. The van der Waals surface area contributed by atoms with Crippen LogP contribution in [-0.2, 0) is 0 Å². The number of rotatable bonds is 4. The van der Waals surface area contributed by atoms with Crippen LogP contribution in [0.25, 0.3) is 5.82 Å². The normalized spacial score (nSPS) is 21.8. The van der Waals surface area contributed by atoms with Gasteiger partial charge in [-0.2, -0.15) is 5.10 Å². The number of anilines is 1. The van der Waals surface area contributed by atoms with E-state index in [0.29, 0.717) is 11.7 Å². The maximum Gasteiger partial charge on any atom is 0.176 e. The average Bonchev–Trinajstić information content (AvgIpc) is 2.86. The van der Waals surface area contributed by atoms with Crippen molar-refractivity contribution in [1.29, 1.82) is 0 Å². The molecule has 2 atom stereocenters. The van der Waals surface area contributed by atoms with Crippen molar-refractivity contribution in [2.24, 2.45) is 5.92 Å². The van der Waals surface area contributed by atoms with E-state index >= 15 is 0 Å². The average molecular weight is 301 g/mol. The van der Waals surface area contributed by atoms with Crippen LogP contribution in [-0.4, -0.2) is 37.7 Å². The Kier molecular flexibility index (Phi) is 4.38. The summed E-state index contributed by atoms with van der Waals surface area (Å²) in [7, 11) is 0. The number of aliphatic hydroxyl groups excluding tert-OH is 1. The number of aromatic nitrogens is 4. The van der Waals surface area contributed by atoms with Gasteiger partial charge in [-0.25, -0.2) is 4.68 Å². The Morgan fingerprint density at radius 1 is 1.23 bits per heavy atom. The summed E-state index contributed by atoms with van der Waals surface area (Å²) in [5.41, 5.74) is 2.01. The molecule has 22 heavy (non-hydrogen) atoms. The Bertz CT molecular complexity index is 622. The molecule has 2 heterocycles. The molecule has 0 saturated heterocycles. The highest BCUT2D eigenvalue weighted by atomic mass is 16.3. The van der Waals surface area contributed by atoms with Crippen molar-refractivity contribution in [3.05, 3.63) is 29.6 Å². The third-order valence-electron chi connectivity index (χ3n) is 4.29. The molecule has 2 aromatic rings. The van der Waals surface area contributed by atoms with Gasteiger partial charge in [-0.15, -0.1) is 10.2 Å². The molecule has 0 aliphatic heterocycles. The number of hydrogen-bond acceptors (Lipinski definition) is 5. The second-order valence-electron chi connectivity index (χ2n) is 6.11. The summed E-state index contributed by atoms with van der Waals surface area (Å²) in [5, 5.41) is 26.1. The minimum atomic E-state index is -0.191. The van der Waals surface area contributed by atoms with E-state index in [4.69, 9.17) is 0 Å². The third-order valence-corrected chi connectivity index (χ3v) is 4.29. The highest BCUT2D eigenvalue weighted by Crippen LogP contribution is 2.24. The predicted molar refractivity (Wildman–Crippen MR) is 85.1 cm³/mol. The van der Waals surface area contributed by atoms with Gasteiger partial charge in [0.1, 0.15) is 5.82 Å². The van der Waals surface area contributed by atoms with E-state index in [9.17, 15) is 5.11 Å². The second-order valence-corrected chi connectivity index (χ2v) is 6.11. The third kappa shape index (κ3) is 3.27. The molecular weight excluding hydrogens is 278 g/mol. The molecule has 1 saturated carbocycles. The first-order valence-electron chi connectivity index (χ1n) is 7.93. The Labute approximate surface area is 130 Å². The standard InChI is InChI=1S/C16H23N5O/c1-11-9-12(2)21(20-11)16-8-7-15(18-19-16)17-10-13-5-3-4-6-14(13)22/h7-9,13-14,22H,3-6,10H2,1-2H3,(H,17,18)/t13-,14-/m1/s1. The molecule has 0 aromatic carbocycles. The van der Waals surface area contributed by atoms with Crippen LogP contribution < -0.4 is 5.32 Å². The maximum atomic E-state index is 9.98. The molecule has 6 heteroatoms. The number of nitrogens with zero attached hydrogens (tertiary/aromatic N) is 4. The van der Waals surface area contributed by atoms with E-state index in [0.717, 1.165) is 43.0 Å². The maximum absolute atomic E-state index is 9.98. The van der Waals surface area contributed by atoms with Crippen molar-refractivity contribution in [3.8, 4) is 5.82 Å². The van der Waals surface area contributed by atoms with Gasteiger partial charge in [-0.1, -0.05) is 12.8 Å². The lowest BCUT2D eigenvalue weighted by Crippen LogP contribution is -2.30. The fourth-order valence-electron chi connectivity index (χ4n) is 3.06. The molecule has 1 aliphatic rings. The zero-order valence-electron chi connectivity index (χ0n) is 13.2. The molecule has 0 bridgehead atoms. The lowest BCUT2D eigenvalue weighted by molar-refractivity contribution is 0.0763. The van der Waals surface area contributed by atoms with Gasteiger partial charge in [0.15, 0.2) is 5.82 Å². The lowest BCUT2D eigenvalue weighted by atomic mass is 9.86. The van der Waals surface area contributed by atoms with Crippen LogP contribution in [0.15, 0.2) is 18.2 Å². The topological polar surface area (TPSA) is 75.9 Å². The predicted octanol–water partition coefficient (Wildman–Crippen LogP) is 2.24. The van der Waals surface area contributed by atoms with E-state index < -0.39 is 0 Å². The summed E-state index contributed by atoms with van der Waals surface area (Å²) in [4.78, 5) is 0. The molecule has 0 spiro atoms. The molecule has 1 aliphatic carbocycles. The van der Waals surface area contributed by atoms with Gasteiger partial charge in [-0.3, -0.25) is 0 Å². The highest BCUT2D eigenvalue weighted by molar-refractivity contribution is 5.37. The number of aliphatic hydroxyl groups is 1. The molecule has 2 N–H and O–H groups in total. The summed E-state index contributed by atoms with van der Waals surface area (Å²) in [6.07, 6.45) is 4.13. The first-order chi connectivity index (χ1) is 10.6. The minimum Gasteiger partial charge on any atom is -0.393 e. The molecule has 6 nitrogen and oxygen atoms in total. The van der Waals surface area contributed by atoms with Gasteiger partial charge in [0, 0.05) is 18.2 Å². The molecule has 3 rings (SSSR count). The molecule has 2 aromatic heterocycles. The fraction of sp³-hybridized carbons (Fsp3) is 0.562. The van der Waals surface area contributed by atoms with Crippen LogP contribution in [0.5, 0.6) is 0 Å². The van der Waals surface area contributed by atoms with E-state index in [1.807, 2.05) is 32.0 Å². The van der Waals surface area contributed by atoms with Crippen molar-refractivity contribution in [1.82, 2.24) is 20.0 Å². The monoisotopic (exact) mass is 301 g/mol. The van der Waals surface area contributed by atoms with Gasteiger partial charge in [-0.05, 0) is 44.9 Å². The van der Waals surface area contributed by atoms with Crippen LogP contribution in [0.2, 0.25) is 0 Å². The van der Waals surface area contributed by atoms with Gasteiger partial charge in [0.25, 0.3) is 0 Å². The Morgan fingerprint density at radius 3 is 2.68 bits per heavy atom. The highest BCUT2D eigenvalue weighted by Gasteiger charge is 2.22. The lowest BCUT2D eigenvalue weighted by Gasteiger charge is -2.27. The van der Waals surface area contributed by atoms with Gasteiger partial charge in [0.2, 0.25) is 0 Å². The van der Waals surface area contributed by atoms with Crippen LogP contribution in [0.3, 0.4) is 0 Å². The summed E-state index contributed by atoms with van der Waals surface area (Å²) < 4.78 is 1.79. The second kappa shape index (κ2) is 6.44. The molecule has 0 radical (unpaired) electrons. The van der Waals surface area contributed by atoms with Crippen LogP contribution in [0.4, 0.5) is 5.82 Å². The van der Waals surface area contributed by atoms with Crippen molar-refractivity contribution in [2.45, 2.75) is 45.6 Å². The van der Waals surface area contributed by atoms with Crippen LogP contribution in [0, 0.1) is 19.8 Å². The number of aryl methyl sites for hydroxylation is 2. The van der Waals surface area contributed by atoms with Crippen molar-refractivity contribution in [3.63, 3.8) is 0 Å². The van der Waals surface area contributed by atoms with Crippen LogP contribution in [0.1, 0.15) is 37.1 Å². The fourth-order valence-corrected chi connectivity index (χ4v) is 3.06. The smallest absolute Gasteiger partial charge is 0.176 e. The molecule has 0 amide bonds. The minimum absolute atomic E-state index is 0.191. The van der Waals surface area contributed by atoms with Gasteiger partial charge >= 0.3 is 0 Å². The first-order valence-corrected chi connectivity index (χ1v) is 7.93. The largest absolute Gasteiger partial charge is 0.393 e. The van der Waals surface area contributed by atoms with Crippen molar-refractivity contribution < 1.29 is 5.11 Å². The Hall–Kier alpha value is -1.95. The Balaban J connectivity index is 1.63. The molecule has 0 unspecified atom stereocenters. The molecular formula is C16H23N5O. The van der Waals surface area contributed by atoms with Gasteiger partial charge in [0.05, 0.1) is 11.8 Å². The summed E-state index contributed by atoms with van der Waals surface area (Å²) in [5.74, 6) is 1.77. The first kappa shape index (κ1) is 15.0. The molecule has 1 fully saturated rings. The zero-order valence-corrected chi connectivity index (χ0v) is 13.2. The van der Waals surface area contributed by atoms with E-state index in [1.165, 1.54) is 6.42 Å². The number of hydrogen-bond donors (Lipinski definition) is 2. The summed E-state index contributed by atoms with van der Waals surface area (Å²) in [6, 6.07) is 5.83. The van der Waals surface area contributed by atoms with Gasteiger partial charge < -0.3 is 10.4 Å². The quantitative estimate of drug-likeness (QED) is 0.906.